The first-order valence-electron chi connectivity index (χ1n) is 8.57. The molecule has 0 spiro atoms. The van der Waals surface area contributed by atoms with E-state index in [1.54, 1.807) is 43.3 Å². The van der Waals surface area contributed by atoms with Crippen molar-refractivity contribution in [1.82, 2.24) is 10.6 Å². The molecule has 0 radical (unpaired) electrons. The number of ether oxygens (including phenoxy) is 1. The highest BCUT2D eigenvalue weighted by Crippen LogP contribution is 2.22. The van der Waals surface area contributed by atoms with E-state index in [1.165, 1.54) is 13.2 Å². The molecule has 0 heterocycles. The van der Waals surface area contributed by atoms with E-state index in [0.29, 0.717) is 29.1 Å². The minimum absolute atomic E-state index is 0.0705. The Kier molecular flexibility index (Phi) is 7.20. The Morgan fingerprint density at radius 3 is 2.41 bits per heavy atom. The number of rotatable bonds is 9. The van der Waals surface area contributed by atoms with Crippen molar-refractivity contribution < 1.29 is 17.9 Å². The number of hydrogen-bond donors (Lipinski definition) is 3. The van der Waals surface area contributed by atoms with Gasteiger partial charge in [0.25, 0.3) is 15.9 Å². The molecule has 27 heavy (non-hydrogen) atoms. The Balaban J connectivity index is 2.18. The lowest BCUT2D eigenvalue weighted by Gasteiger charge is -2.12. The summed E-state index contributed by atoms with van der Waals surface area (Å²) in [5.41, 5.74) is 1.28. The van der Waals surface area contributed by atoms with Crippen molar-refractivity contribution in [1.29, 1.82) is 0 Å². The van der Waals surface area contributed by atoms with Gasteiger partial charge < -0.3 is 15.4 Å². The van der Waals surface area contributed by atoms with Crippen LogP contribution in [0, 0.1) is 6.92 Å². The van der Waals surface area contributed by atoms with Crippen LogP contribution in [0.4, 0.5) is 5.69 Å². The van der Waals surface area contributed by atoms with Crippen molar-refractivity contribution in [3.63, 3.8) is 0 Å². The summed E-state index contributed by atoms with van der Waals surface area (Å²) in [6.45, 7) is 3.00. The highest BCUT2D eigenvalue weighted by Gasteiger charge is 2.19. The molecule has 0 saturated carbocycles. The first kappa shape index (κ1) is 20.7. The maximum absolute atomic E-state index is 12.8. The van der Waals surface area contributed by atoms with Crippen molar-refractivity contribution in [2.45, 2.75) is 18.2 Å². The van der Waals surface area contributed by atoms with Crippen molar-refractivity contribution >= 4 is 21.6 Å². The second kappa shape index (κ2) is 9.38. The third-order valence-electron chi connectivity index (χ3n) is 3.97. The van der Waals surface area contributed by atoms with Crippen LogP contribution in [0.1, 0.15) is 22.3 Å². The van der Waals surface area contributed by atoms with E-state index in [4.69, 9.17) is 4.74 Å². The van der Waals surface area contributed by atoms with E-state index in [2.05, 4.69) is 15.4 Å². The number of hydrogen-bond acceptors (Lipinski definition) is 5. The molecule has 0 saturated heterocycles. The Bertz CT molecular complexity index is 880. The first-order chi connectivity index (χ1) is 12.9. The fourth-order valence-electron chi connectivity index (χ4n) is 2.47. The van der Waals surface area contributed by atoms with Gasteiger partial charge in [0.2, 0.25) is 0 Å². The zero-order valence-corrected chi connectivity index (χ0v) is 16.5. The number of sulfonamides is 1. The zero-order valence-electron chi connectivity index (χ0n) is 15.7. The molecule has 8 heteroatoms. The van der Waals surface area contributed by atoms with Gasteiger partial charge in [0, 0.05) is 17.8 Å². The van der Waals surface area contributed by atoms with Crippen LogP contribution in [-0.4, -0.2) is 41.6 Å². The predicted molar refractivity (Wildman–Crippen MR) is 106 cm³/mol. The van der Waals surface area contributed by atoms with Gasteiger partial charge >= 0.3 is 0 Å². The molecule has 146 valence electrons. The minimum Gasteiger partial charge on any atom is -0.497 e. The molecule has 0 aliphatic heterocycles. The molecule has 7 nitrogen and oxygen atoms in total. The van der Waals surface area contributed by atoms with Crippen LogP contribution in [0.5, 0.6) is 5.75 Å². The van der Waals surface area contributed by atoms with Crippen LogP contribution >= 0.6 is 0 Å². The molecule has 0 bridgehead atoms. The number of nitrogens with one attached hydrogen (secondary N) is 3. The molecule has 2 aromatic carbocycles. The van der Waals surface area contributed by atoms with Crippen LogP contribution in [0.25, 0.3) is 0 Å². The molecule has 0 aromatic heterocycles. The molecule has 0 aliphatic rings. The predicted octanol–water partition coefficient (Wildman–Crippen LogP) is 2.14. The van der Waals surface area contributed by atoms with Gasteiger partial charge in [-0.3, -0.25) is 9.52 Å². The lowest BCUT2D eigenvalue weighted by molar-refractivity contribution is 0.0953. The second-order valence-electron chi connectivity index (χ2n) is 6.03. The maximum Gasteiger partial charge on any atom is 0.262 e. The van der Waals surface area contributed by atoms with Crippen molar-refractivity contribution in [2.75, 3.05) is 32.0 Å². The molecular weight excluding hydrogens is 366 g/mol. The number of methoxy groups -OCH3 is 1. The van der Waals surface area contributed by atoms with Crippen LogP contribution in [-0.2, 0) is 10.0 Å². The third-order valence-corrected chi connectivity index (χ3v) is 5.49. The average Bonchev–Trinajstić information content (AvgIpc) is 2.65. The van der Waals surface area contributed by atoms with E-state index in [1.807, 2.05) is 7.05 Å². The number of carbonyl (C=O) groups is 1. The molecular formula is C19H25N3O4S. The van der Waals surface area contributed by atoms with Crippen molar-refractivity contribution in [3.05, 3.63) is 53.6 Å². The van der Waals surface area contributed by atoms with E-state index in [9.17, 15) is 13.2 Å². The van der Waals surface area contributed by atoms with Gasteiger partial charge in [0.15, 0.2) is 0 Å². The lowest BCUT2D eigenvalue weighted by atomic mass is 10.1. The van der Waals surface area contributed by atoms with Gasteiger partial charge in [-0.2, -0.15) is 0 Å². The SMILES string of the molecule is CNCCCNC(=O)c1ccc(C)c(S(=O)(=O)Nc2ccc(OC)cc2)c1. The number of benzene rings is 2. The molecule has 0 atom stereocenters. The van der Waals surface area contributed by atoms with Gasteiger partial charge in [0.1, 0.15) is 5.75 Å². The van der Waals surface area contributed by atoms with Gasteiger partial charge in [-0.1, -0.05) is 6.07 Å². The molecule has 1 amide bonds. The summed E-state index contributed by atoms with van der Waals surface area (Å²) in [5, 5.41) is 5.79. The highest BCUT2D eigenvalue weighted by molar-refractivity contribution is 7.92. The van der Waals surface area contributed by atoms with Gasteiger partial charge in [0.05, 0.1) is 12.0 Å². The largest absolute Gasteiger partial charge is 0.497 e. The van der Waals surface area contributed by atoms with Crippen molar-refractivity contribution in [2.24, 2.45) is 0 Å². The standard InChI is InChI=1S/C19H25N3O4S/c1-14-5-6-15(19(23)21-12-4-11-20-2)13-18(14)27(24,25)22-16-7-9-17(26-3)10-8-16/h5-10,13,20,22H,4,11-12H2,1-3H3,(H,21,23). The summed E-state index contributed by atoms with van der Waals surface area (Å²) >= 11 is 0. The Morgan fingerprint density at radius 1 is 1.07 bits per heavy atom. The van der Waals surface area contributed by atoms with Crippen LogP contribution in [0.3, 0.4) is 0 Å². The Labute approximate surface area is 160 Å². The summed E-state index contributed by atoms with van der Waals surface area (Å²) < 4.78 is 33.1. The van der Waals surface area contributed by atoms with E-state index in [0.717, 1.165) is 13.0 Å². The summed E-state index contributed by atoms with van der Waals surface area (Å²) in [6, 6.07) is 11.2. The van der Waals surface area contributed by atoms with Crippen molar-refractivity contribution in [3.8, 4) is 5.75 Å². The molecule has 2 aromatic rings. The summed E-state index contributed by atoms with van der Waals surface area (Å²) in [5.74, 6) is 0.332. The van der Waals surface area contributed by atoms with E-state index < -0.39 is 10.0 Å². The number of amides is 1. The summed E-state index contributed by atoms with van der Waals surface area (Å²) in [4.78, 5) is 12.3. The van der Waals surface area contributed by atoms with Gasteiger partial charge in [-0.15, -0.1) is 0 Å². The fraction of sp³-hybridized carbons (Fsp3) is 0.316. The van der Waals surface area contributed by atoms with Crippen LogP contribution < -0.4 is 20.1 Å². The Hall–Kier alpha value is -2.58. The Morgan fingerprint density at radius 2 is 1.78 bits per heavy atom. The van der Waals surface area contributed by atoms with Crippen LogP contribution in [0.2, 0.25) is 0 Å². The van der Waals surface area contributed by atoms with Crippen LogP contribution in [0.15, 0.2) is 47.4 Å². The topological polar surface area (TPSA) is 96.5 Å². The molecule has 3 N–H and O–H groups in total. The average molecular weight is 391 g/mol. The second-order valence-corrected chi connectivity index (χ2v) is 7.68. The molecule has 0 unspecified atom stereocenters. The highest BCUT2D eigenvalue weighted by atomic mass is 32.2. The van der Waals surface area contributed by atoms with E-state index in [-0.39, 0.29) is 10.8 Å². The number of aryl methyl sites for hydroxylation is 1. The normalized spacial score (nSPS) is 11.1. The van der Waals surface area contributed by atoms with E-state index >= 15 is 0 Å². The number of anilines is 1. The smallest absolute Gasteiger partial charge is 0.262 e. The third kappa shape index (κ3) is 5.70. The molecule has 0 fully saturated rings. The van der Waals surface area contributed by atoms with Gasteiger partial charge in [-0.05, 0) is 68.9 Å². The zero-order chi connectivity index (χ0) is 19.9. The molecule has 0 aliphatic carbocycles. The molecule has 2 rings (SSSR count). The fourth-order valence-corrected chi connectivity index (χ4v) is 3.80. The number of carbonyl (C=O) groups excluding carboxylic acids is 1. The monoisotopic (exact) mass is 391 g/mol. The lowest BCUT2D eigenvalue weighted by Crippen LogP contribution is -2.27. The first-order valence-corrected chi connectivity index (χ1v) is 10.1. The van der Waals surface area contributed by atoms with Gasteiger partial charge in [-0.25, -0.2) is 8.42 Å². The minimum atomic E-state index is -3.83. The quantitative estimate of drug-likeness (QED) is 0.569. The summed E-state index contributed by atoms with van der Waals surface area (Å²) in [6.07, 6.45) is 0.790. The summed E-state index contributed by atoms with van der Waals surface area (Å²) in [7, 11) is -0.448. The maximum atomic E-state index is 12.8.